The molecule has 0 amide bonds. The maximum atomic E-state index is 2.38. The van der Waals surface area contributed by atoms with E-state index in [1.165, 1.54) is 86.6 Å². The molecular formula is C57H43NS. The van der Waals surface area contributed by atoms with E-state index < -0.39 is 0 Å². The average molecular weight is 774 g/mol. The number of hydrogen-bond acceptors (Lipinski definition) is 2. The first kappa shape index (κ1) is 36.3. The van der Waals surface area contributed by atoms with E-state index in [2.05, 4.69) is 231 Å². The lowest BCUT2D eigenvalue weighted by Gasteiger charge is -2.26. The summed E-state index contributed by atoms with van der Waals surface area (Å²) in [5, 5.41) is 5.20. The molecule has 0 aliphatic carbocycles. The minimum Gasteiger partial charge on any atom is -0.310 e. The Hall–Kier alpha value is -7.00. The van der Waals surface area contributed by atoms with Crippen LogP contribution in [0.1, 0.15) is 24.5 Å². The molecule has 0 aliphatic heterocycles. The SMILES string of the molecule is CC/C=C\c1c(C)ccc2cc(-c3cccc(-c4cccc(N(c5ccc(-c6ccccc6)cc5)c5ccc(-c6cccc7c6sc6ccccc67)cc5)c4)c3)ccc12. The Morgan fingerprint density at radius 3 is 1.80 bits per heavy atom. The van der Waals surface area contributed by atoms with Crippen molar-refractivity contribution in [1.82, 2.24) is 0 Å². The van der Waals surface area contributed by atoms with Gasteiger partial charge in [-0.3, -0.25) is 0 Å². The lowest BCUT2D eigenvalue weighted by Crippen LogP contribution is -2.10. The number of nitrogens with zero attached hydrogens (tertiary/aromatic N) is 1. The molecule has 0 fully saturated rings. The van der Waals surface area contributed by atoms with Gasteiger partial charge in [-0.15, -0.1) is 11.3 Å². The fourth-order valence-electron chi connectivity index (χ4n) is 8.45. The first-order valence-electron chi connectivity index (χ1n) is 20.5. The quantitative estimate of drug-likeness (QED) is 0.141. The Labute approximate surface area is 350 Å². The van der Waals surface area contributed by atoms with Gasteiger partial charge in [0, 0.05) is 37.2 Å². The smallest absolute Gasteiger partial charge is 0.0467 e. The molecular weight excluding hydrogens is 731 g/mol. The van der Waals surface area contributed by atoms with Gasteiger partial charge in [-0.1, -0.05) is 165 Å². The highest BCUT2D eigenvalue weighted by atomic mass is 32.1. The van der Waals surface area contributed by atoms with E-state index in [1.54, 1.807) is 0 Å². The van der Waals surface area contributed by atoms with Crippen molar-refractivity contribution in [3.05, 3.63) is 217 Å². The number of fused-ring (bicyclic) bond motifs is 4. The summed E-state index contributed by atoms with van der Waals surface area (Å²) in [5.41, 5.74) is 15.6. The monoisotopic (exact) mass is 773 g/mol. The van der Waals surface area contributed by atoms with Crippen LogP contribution >= 0.6 is 11.3 Å². The zero-order chi connectivity index (χ0) is 39.7. The number of benzene rings is 9. The molecule has 0 aliphatic rings. The predicted molar refractivity (Wildman–Crippen MR) is 257 cm³/mol. The summed E-state index contributed by atoms with van der Waals surface area (Å²) in [6.07, 6.45) is 5.54. The van der Waals surface area contributed by atoms with Crippen molar-refractivity contribution >= 4 is 65.4 Å². The van der Waals surface area contributed by atoms with E-state index in [9.17, 15) is 0 Å². The summed E-state index contributed by atoms with van der Waals surface area (Å²) >= 11 is 1.88. The number of rotatable bonds is 9. The molecule has 9 aromatic carbocycles. The Morgan fingerprint density at radius 1 is 0.441 bits per heavy atom. The molecule has 282 valence electrons. The normalized spacial score (nSPS) is 11.6. The van der Waals surface area contributed by atoms with Gasteiger partial charge in [-0.25, -0.2) is 0 Å². The molecule has 0 saturated heterocycles. The molecule has 10 rings (SSSR count). The number of thiophene rings is 1. The Bertz CT molecular complexity index is 3130. The van der Waals surface area contributed by atoms with Crippen molar-refractivity contribution in [3.8, 4) is 44.5 Å². The van der Waals surface area contributed by atoms with E-state index >= 15 is 0 Å². The molecule has 0 spiro atoms. The van der Waals surface area contributed by atoms with Gasteiger partial charge in [-0.05, 0) is 134 Å². The summed E-state index contributed by atoms with van der Waals surface area (Å²) in [5.74, 6) is 0. The molecule has 0 bridgehead atoms. The molecule has 0 saturated carbocycles. The van der Waals surface area contributed by atoms with Crippen molar-refractivity contribution in [3.63, 3.8) is 0 Å². The maximum Gasteiger partial charge on any atom is 0.0467 e. The third-order valence-corrected chi connectivity index (χ3v) is 12.7. The molecule has 10 aromatic rings. The van der Waals surface area contributed by atoms with E-state index in [-0.39, 0.29) is 0 Å². The van der Waals surface area contributed by atoms with Crippen LogP contribution in [-0.2, 0) is 0 Å². The molecule has 0 radical (unpaired) electrons. The van der Waals surface area contributed by atoms with E-state index in [0.717, 1.165) is 23.5 Å². The van der Waals surface area contributed by atoms with Crippen LogP contribution in [-0.4, -0.2) is 0 Å². The number of allylic oxidation sites excluding steroid dienone is 1. The Kier molecular flexibility index (Phi) is 9.70. The molecule has 0 N–H and O–H groups in total. The number of aryl methyl sites for hydroxylation is 1. The summed E-state index contributed by atoms with van der Waals surface area (Å²) in [7, 11) is 0. The highest BCUT2D eigenvalue weighted by molar-refractivity contribution is 7.26. The Morgan fingerprint density at radius 2 is 1.03 bits per heavy atom. The first-order valence-corrected chi connectivity index (χ1v) is 21.3. The van der Waals surface area contributed by atoms with Crippen LogP contribution in [0.2, 0.25) is 0 Å². The lowest BCUT2D eigenvalue weighted by molar-refractivity contribution is 1.23. The second-order valence-corrected chi connectivity index (χ2v) is 16.3. The summed E-state index contributed by atoms with van der Waals surface area (Å²) in [6, 6.07) is 73.4. The van der Waals surface area contributed by atoms with Gasteiger partial charge in [0.1, 0.15) is 0 Å². The van der Waals surface area contributed by atoms with Gasteiger partial charge < -0.3 is 4.90 Å². The largest absolute Gasteiger partial charge is 0.310 e. The zero-order valence-corrected chi connectivity index (χ0v) is 34.1. The van der Waals surface area contributed by atoms with Crippen molar-refractivity contribution < 1.29 is 0 Å². The van der Waals surface area contributed by atoms with Crippen LogP contribution in [0.5, 0.6) is 0 Å². The van der Waals surface area contributed by atoms with Gasteiger partial charge in [0.15, 0.2) is 0 Å². The number of hydrogen-bond donors (Lipinski definition) is 0. The molecule has 0 atom stereocenters. The van der Waals surface area contributed by atoms with Crippen molar-refractivity contribution in [2.75, 3.05) is 4.90 Å². The van der Waals surface area contributed by atoms with Crippen LogP contribution < -0.4 is 4.90 Å². The van der Waals surface area contributed by atoms with Crippen LogP contribution in [0.15, 0.2) is 206 Å². The standard InChI is InChI=1S/C57H43NS/c1-3-4-19-51-39(2)24-25-47-37-46(30-35-52(47)51)44-16-10-15-43(36-44)45-17-11-18-50(38-45)58(48-31-26-41(27-32-48)40-13-6-5-7-14-40)49-33-28-42(29-34-49)53-21-12-22-55-54-20-8-9-23-56(54)59-57(53)55/h4-38H,3H2,1-2H3/b19-4-. The summed E-state index contributed by atoms with van der Waals surface area (Å²) < 4.78 is 2.65. The Balaban J connectivity index is 1.03. The van der Waals surface area contributed by atoms with Gasteiger partial charge in [0.2, 0.25) is 0 Å². The first-order chi connectivity index (χ1) is 29.1. The predicted octanol–water partition coefficient (Wildman–Crippen LogP) is 17.1. The van der Waals surface area contributed by atoms with Gasteiger partial charge >= 0.3 is 0 Å². The van der Waals surface area contributed by atoms with Crippen molar-refractivity contribution in [1.29, 1.82) is 0 Å². The lowest BCUT2D eigenvalue weighted by atomic mass is 9.94. The van der Waals surface area contributed by atoms with E-state index in [1.807, 2.05) is 11.3 Å². The fraction of sp³-hybridized carbons (Fsp3) is 0.0526. The average Bonchev–Trinajstić information content (AvgIpc) is 3.69. The highest BCUT2D eigenvalue weighted by Crippen LogP contribution is 2.42. The third-order valence-electron chi connectivity index (χ3n) is 11.5. The van der Waals surface area contributed by atoms with Gasteiger partial charge in [0.05, 0.1) is 0 Å². The molecule has 1 nitrogen and oxygen atoms in total. The highest BCUT2D eigenvalue weighted by Gasteiger charge is 2.16. The third kappa shape index (κ3) is 7.03. The van der Waals surface area contributed by atoms with Gasteiger partial charge in [0.25, 0.3) is 0 Å². The minimum atomic E-state index is 1.03. The minimum absolute atomic E-state index is 1.03. The molecule has 2 heteroatoms. The summed E-state index contributed by atoms with van der Waals surface area (Å²) in [4.78, 5) is 2.38. The molecule has 1 aromatic heterocycles. The van der Waals surface area contributed by atoms with Crippen LogP contribution in [0.3, 0.4) is 0 Å². The zero-order valence-electron chi connectivity index (χ0n) is 33.3. The van der Waals surface area contributed by atoms with Crippen LogP contribution in [0, 0.1) is 6.92 Å². The topological polar surface area (TPSA) is 3.24 Å². The molecule has 1 heterocycles. The van der Waals surface area contributed by atoms with Crippen molar-refractivity contribution in [2.24, 2.45) is 0 Å². The van der Waals surface area contributed by atoms with Crippen molar-refractivity contribution in [2.45, 2.75) is 20.3 Å². The second kappa shape index (κ2) is 15.7. The van der Waals surface area contributed by atoms with E-state index in [4.69, 9.17) is 0 Å². The molecule has 0 unspecified atom stereocenters. The molecule has 59 heavy (non-hydrogen) atoms. The maximum absolute atomic E-state index is 2.38. The second-order valence-electron chi connectivity index (χ2n) is 15.2. The fourth-order valence-corrected chi connectivity index (χ4v) is 9.69. The van der Waals surface area contributed by atoms with Crippen LogP contribution in [0.4, 0.5) is 17.1 Å². The van der Waals surface area contributed by atoms with Crippen LogP contribution in [0.25, 0.3) is 81.5 Å². The van der Waals surface area contributed by atoms with E-state index in [0.29, 0.717) is 0 Å². The van der Waals surface area contributed by atoms with Gasteiger partial charge in [-0.2, -0.15) is 0 Å². The number of anilines is 3. The summed E-state index contributed by atoms with van der Waals surface area (Å²) in [6.45, 7) is 4.38.